The third kappa shape index (κ3) is 3.58. The maximum Gasteiger partial charge on any atom is 0.134 e. The predicted molar refractivity (Wildman–Crippen MR) is 76.2 cm³/mol. The first-order chi connectivity index (χ1) is 9.20. The fourth-order valence-corrected chi connectivity index (χ4v) is 2.16. The van der Waals surface area contributed by atoms with Gasteiger partial charge in [-0.2, -0.15) is 0 Å². The van der Waals surface area contributed by atoms with E-state index in [1.807, 2.05) is 25.2 Å². The van der Waals surface area contributed by atoms with E-state index in [1.165, 1.54) is 5.56 Å². The molecule has 1 N–H and O–H groups in total. The van der Waals surface area contributed by atoms with Crippen LogP contribution in [0.5, 0.6) is 0 Å². The molecule has 2 aromatic rings. The highest BCUT2D eigenvalue weighted by molar-refractivity contribution is 5.25. The van der Waals surface area contributed by atoms with Crippen molar-refractivity contribution in [3.63, 3.8) is 0 Å². The van der Waals surface area contributed by atoms with E-state index >= 15 is 0 Å². The summed E-state index contributed by atoms with van der Waals surface area (Å²) in [6.45, 7) is 5.06. The van der Waals surface area contributed by atoms with Crippen LogP contribution in [0.1, 0.15) is 28.5 Å². The summed E-state index contributed by atoms with van der Waals surface area (Å²) >= 11 is 0. The third-order valence-corrected chi connectivity index (χ3v) is 3.16. The van der Waals surface area contributed by atoms with E-state index in [2.05, 4.69) is 34.1 Å². The molecule has 0 aliphatic heterocycles. The van der Waals surface area contributed by atoms with Crippen molar-refractivity contribution in [1.29, 1.82) is 0 Å². The zero-order valence-corrected chi connectivity index (χ0v) is 11.8. The molecule has 0 unspecified atom stereocenters. The van der Waals surface area contributed by atoms with Gasteiger partial charge >= 0.3 is 0 Å². The van der Waals surface area contributed by atoms with Crippen molar-refractivity contribution in [3.8, 4) is 0 Å². The van der Waals surface area contributed by atoms with Crippen LogP contribution in [-0.2, 0) is 12.8 Å². The number of pyridine rings is 1. The zero-order valence-electron chi connectivity index (χ0n) is 11.8. The smallest absolute Gasteiger partial charge is 0.134 e. The maximum absolute atomic E-state index is 4.60. The molecule has 4 nitrogen and oxygen atoms in total. The Hall–Kier alpha value is -1.81. The van der Waals surface area contributed by atoms with Gasteiger partial charge in [-0.3, -0.25) is 4.98 Å². The molecule has 0 saturated carbocycles. The van der Waals surface area contributed by atoms with Crippen molar-refractivity contribution in [2.45, 2.75) is 26.7 Å². The molecule has 0 aliphatic rings. The summed E-state index contributed by atoms with van der Waals surface area (Å²) < 4.78 is 0. The summed E-state index contributed by atoms with van der Waals surface area (Å²) in [5.41, 5.74) is 4.41. The molecule has 0 amide bonds. The highest BCUT2D eigenvalue weighted by Crippen LogP contribution is 2.12. The molecule has 2 heterocycles. The molecular weight excluding hydrogens is 236 g/mol. The Morgan fingerprint density at radius 1 is 1.11 bits per heavy atom. The van der Waals surface area contributed by atoms with Crippen LogP contribution < -0.4 is 5.32 Å². The largest absolute Gasteiger partial charge is 0.319 e. The number of hydrogen-bond acceptors (Lipinski definition) is 4. The lowest BCUT2D eigenvalue weighted by Gasteiger charge is -2.10. The maximum atomic E-state index is 4.60. The van der Waals surface area contributed by atoms with E-state index in [4.69, 9.17) is 0 Å². The van der Waals surface area contributed by atoms with Crippen LogP contribution >= 0.6 is 0 Å². The Kier molecular flexibility index (Phi) is 4.58. The minimum Gasteiger partial charge on any atom is -0.319 e. The van der Waals surface area contributed by atoms with Gasteiger partial charge in [-0.25, -0.2) is 9.97 Å². The van der Waals surface area contributed by atoms with Gasteiger partial charge in [-0.05, 0) is 51.6 Å². The third-order valence-electron chi connectivity index (χ3n) is 3.16. The van der Waals surface area contributed by atoms with Crippen molar-refractivity contribution in [1.82, 2.24) is 20.3 Å². The van der Waals surface area contributed by atoms with Crippen molar-refractivity contribution < 1.29 is 0 Å². The summed E-state index contributed by atoms with van der Waals surface area (Å²) in [4.78, 5) is 13.5. The summed E-state index contributed by atoms with van der Waals surface area (Å²) in [5, 5.41) is 3.16. The quantitative estimate of drug-likeness (QED) is 0.887. The molecular formula is C15H20N4. The van der Waals surface area contributed by atoms with E-state index in [1.54, 1.807) is 6.20 Å². The molecule has 19 heavy (non-hydrogen) atoms. The molecule has 2 rings (SSSR count). The molecule has 0 aliphatic carbocycles. The molecule has 0 aromatic carbocycles. The van der Waals surface area contributed by atoms with Crippen LogP contribution in [0.2, 0.25) is 0 Å². The number of aryl methyl sites for hydroxylation is 2. The Balaban J connectivity index is 2.20. The van der Waals surface area contributed by atoms with E-state index in [0.717, 1.165) is 35.9 Å². The predicted octanol–water partition coefficient (Wildman–Crippen LogP) is 1.84. The molecule has 0 radical (unpaired) electrons. The average molecular weight is 256 g/mol. The molecule has 0 fully saturated rings. The standard InChI is InChI=1S/C15H20N4/c1-11-14(7-9-16-3)12(2)19-15(18-11)10-13-6-4-5-8-17-13/h4-6,8,16H,7,9-10H2,1-3H3. The number of hydrogen-bond donors (Lipinski definition) is 1. The van der Waals surface area contributed by atoms with Gasteiger partial charge in [-0.1, -0.05) is 6.07 Å². The van der Waals surface area contributed by atoms with Crippen molar-refractivity contribution >= 4 is 0 Å². The number of aromatic nitrogens is 3. The Morgan fingerprint density at radius 2 is 1.84 bits per heavy atom. The SMILES string of the molecule is CNCCc1c(C)nc(Cc2ccccn2)nc1C. The lowest BCUT2D eigenvalue weighted by molar-refractivity contribution is 0.765. The minimum atomic E-state index is 0.689. The first kappa shape index (κ1) is 13.6. The van der Waals surface area contributed by atoms with Crippen molar-refractivity contribution in [2.24, 2.45) is 0 Å². The normalized spacial score (nSPS) is 10.7. The van der Waals surface area contributed by atoms with Crippen LogP contribution in [0, 0.1) is 13.8 Å². The van der Waals surface area contributed by atoms with Gasteiger partial charge in [0.25, 0.3) is 0 Å². The van der Waals surface area contributed by atoms with Gasteiger partial charge in [0.05, 0.1) is 6.42 Å². The lowest BCUT2D eigenvalue weighted by atomic mass is 10.1. The second kappa shape index (κ2) is 6.38. The number of rotatable bonds is 5. The molecule has 2 aromatic heterocycles. The van der Waals surface area contributed by atoms with Crippen molar-refractivity contribution in [3.05, 3.63) is 52.9 Å². The summed E-state index contributed by atoms with van der Waals surface area (Å²) in [6, 6.07) is 5.91. The fourth-order valence-electron chi connectivity index (χ4n) is 2.16. The molecule has 100 valence electrons. The van der Waals surface area contributed by atoms with Crippen LogP contribution in [0.3, 0.4) is 0 Å². The van der Waals surface area contributed by atoms with E-state index < -0.39 is 0 Å². The van der Waals surface area contributed by atoms with Gasteiger partial charge in [-0.15, -0.1) is 0 Å². The second-order valence-corrected chi connectivity index (χ2v) is 4.64. The Labute approximate surface area is 114 Å². The molecule has 0 atom stereocenters. The molecule has 4 heteroatoms. The molecule has 0 bridgehead atoms. The Bertz CT molecular complexity index is 514. The topological polar surface area (TPSA) is 50.7 Å². The van der Waals surface area contributed by atoms with Crippen LogP contribution in [0.15, 0.2) is 24.4 Å². The Morgan fingerprint density at radius 3 is 2.42 bits per heavy atom. The van der Waals surface area contributed by atoms with Gasteiger partial charge < -0.3 is 5.32 Å². The molecule has 0 saturated heterocycles. The fraction of sp³-hybridized carbons (Fsp3) is 0.400. The van der Waals surface area contributed by atoms with Gasteiger partial charge in [0.2, 0.25) is 0 Å². The van der Waals surface area contributed by atoms with Crippen LogP contribution in [0.25, 0.3) is 0 Å². The number of nitrogens with zero attached hydrogens (tertiary/aromatic N) is 3. The van der Waals surface area contributed by atoms with E-state index in [9.17, 15) is 0 Å². The van der Waals surface area contributed by atoms with E-state index in [-0.39, 0.29) is 0 Å². The van der Waals surface area contributed by atoms with Gasteiger partial charge in [0, 0.05) is 23.3 Å². The zero-order chi connectivity index (χ0) is 13.7. The lowest BCUT2D eigenvalue weighted by Crippen LogP contribution is -2.14. The summed E-state index contributed by atoms with van der Waals surface area (Å²) in [6.07, 6.45) is 3.46. The highest BCUT2D eigenvalue weighted by Gasteiger charge is 2.08. The summed E-state index contributed by atoms with van der Waals surface area (Å²) in [7, 11) is 1.96. The van der Waals surface area contributed by atoms with Crippen molar-refractivity contribution in [2.75, 3.05) is 13.6 Å². The van der Waals surface area contributed by atoms with Crippen LogP contribution in [0.4, 0.5) is 0 Å². The highest BCUT2D eigenvalue weighted by atomic mass is 14.9. The molecule has 0 spiro atoms. The van der Waals surface area contributed by atoms with E-state index in [0.29, 0.717) is 6.42 Å². The summed E-state index contributed by atoms with van der Waals surface area (Å²) in [5.74, 6) is 0.849. The minimum absolute atomic E-state index is 0.689. The van der Waals surface area contributed by atoms with Gasteiger partial charge in [0.15, 0.2) is 0 Å². The number of nitrogens with one attached hydrogen (secondary N) is 1. The van der Waals surface area contributed by atoms with Crippen LogP contribution in [-0.4, -0.2) is 28.5 Å². The van der Waals surface area contributed by atoms with Gasteiger partial charge in [0.1, 0.15) is 5.82 Å². The first-order valence-corrected chi connectivity index (χ1v) is 6.58. The number of likely N-dealkylation sites (N-methyl/N-ethyl adjacent to an activating group) is 1. The second-order valence-electron chi connectivity index (χ2n) is 4.64. The first-order valence-electron chi connectivity index (χ1n) is 6.58. The average Bonchev–Trinajstić information content (AvgIpc) is 2.39. The monoisotopic (exact) mass is 256 g/mol.